The maximum Gasteiger partial charge on any atom is 0.203 e. The topological polar surface area (TPSA) is 94.8 Å². The Hall–Kier alpha value is -2.24. The van der Waals surface area contributed by atoms with Crippen molar-refractivity contribution in [1.82, 2.24) is 20.1 Å². The highest BCUT2D eigenvalue weighted by molar-refractivity contribution is 14.0. The average molecular weight is 518 g/mol. The number of rotatable bonds is 9. The lowest BCUT2D eigenvalue weighted by Crippen LogP contribution is -2.31. The van der Waals surface area contributed by atoms with Crippen molar-refractivity contribution in [2.45, 2.75) is 33.2 Å². The van der Waals surface area contributed by atoms with E-state index in [2.05, 4.69) is 32.7 Å². The van der Waals surface area contributed by atoms with Gasteiger partial charge in [-0.25, -0.2) is 4.99 Å². The summed E-state index contributed by atoms with van der Waals surface area (Å²) in [6.45, 7) is 5.27. The lowest BCUT2D eigenvalue weighted by atomic mass is 10.2. The molecule has 10 heteroatoms. The van der Waals surface area contributed by atoms with E-state index in [-0.39, 0.29) is 24.0 Å². The van der Waals surface area contributed by atoms with Gasteiger partial charge in [0.2, 0.25) is 5.75 Å². The summed E-state index contributed by atoms with van der Waals surface area (Å²) in [4.78, 5) is 4.65. The molecule has 9 nitrogen and oxygen atoms in total. The summed E-state index contributed by atoms with van der Waals surface area (Å²) in [5, 5.41) is 14.9. The van der Waals surface area contributed by atoms with Gasteiger partial charge in [-0.3, -0.25) is 0 Å². The van der Waals surface area contributed by atoms with Crippen molar-refractivity contribution in [3.63, 3.8) is 0 Å². The number of hydrogen-bond donors (Lipinski definition) is 2. The summed E-state index contributed by atoms with van der Waals surface area (Å²) in [5.41, 5.74) is 0.770. The molecule has 0 aliphatic rings. The van der Waals surface area contributed by atoms with Crippen molar-refractivity contribution in [3.05, 3.63) is 23.8 Å². The van der Waals surface area contributed by atoms with Gasteiger partial charge in [-0.1, -0.05) is 13.3 Å². The second-order valence-corrected chi connectivity index (χ2v) is 6.21. The lowest BCUT2D eigenvalue weighted by molar-refractivity contribution is 0.324. The number of anilines is 1. The number of aromatic nitrogens is 3. The quantitative estimate of drug-likeness (QED) is 0.228. The molecule has 0 spiro atoms. The molecule has 1 aromatic carbocycles. The Labute approximate surface area is 189 Å². The van der Waals surface area contributed by atoms with Gasteiger partial charge in [-0.05, 0) is 13.3 Å². The zero-order valence-electron chi connectivity index (χ0n) is 17.9. The van der Waals surface area contributed by atoms with E-state index in [9.17, 15) is 0 Å². The van der Waals surface area contributed by atoms with Gasteiger partial charge in [0, 0.05) is 31.4 Å². The summed E-state index contributed by atoms with van der Waals surface area (Å²) >= 11 is 0. The van der Waals surface area contributed by atoms with Gasteiger partial charge < -0.3 is 29.4 Å². The van der Waals surface area contributed by atoms with E-state index < -0.39 is 0 Å². The van der Waals surface area contributed by atoms with Gasteiger partial charge in [0.1, 0.15) is 12.4 Å². The van der Waals surface area contributed by atoms with Crippen LogP contribution in [-0.2, 0) is 13.6 Å². The van der Waals surface area contributed by atoms with Gasteiger partial charge in [-0.15, -0.1) is 34.2 Å². The molecule has 162 valence electrons. The van der Waals surface area contributed by atoms with Gasteiger partial charge in [0.25, 0.3) is 0 Å². The zero-order valence-corrected chi connectivity index (χ0v) is 20.2. The number of methoxy groups -OCH3 is 3. The van der Waals surface area contributed by atoms with E-state index in [4.69, 9.17) is 14.2 Å². The molecule has 0 unspecified atom stereocenters. The van der Waals surface area contributed by atoms with Crippen LogP contribution in [0.15, 0.2) is 17.1 Å². The molecule has 0 amide bonds. The molecule has 0 saturated carbocycles. The summed E-state index contributed by atoms with van der Waals surface area (Å²) in [6, 6.07) is 3.68. The molecule has 1 aromatic heterocycles. The van der Waals surface area contributed by atoms with E-state index in [1.807, 2.05) is 30.7 Å². The van der Waals surface area contributed by atoms with E-state index in [0.717, 1.165) is 36.7 Å². The number of guanidine groups is 1. The number of hydrogen-bond acceptors (Lipinski definition) is 6. The minimum absolute atomic E-state index is 0. The van der Waals surface area contributed by atoms with Crippen LogP contribution in [-0.4, -0.2) is 48.6 Å². The van der Waals surface area contributed by atoms with Crippen LogP contribution < -0.4 is 24.8 Å². The Morgan fingerprint density at radius 1 is 1.10 bits per heavy atom. The Bertz CT molecular complexity index is 784. The highest BCUT2D eigenvalue weighted by atomic mass is 127. The first-order valence-electron chi connectivity index (χ1n) is 9.24. The van der Waals surface area contributed by atoms with Gasteiger partial charge in [0.15, 0.2) is 23.3 Å². The van der Waals surface area contributed by atoms with Crippen LogP contribution in [0.3, 0.4) is 0 Å². The van der Waals surface area contributed by atoms with Crippen LogP contribution in [0, 0.1) is 6.92 Å². The Kier molecular flexibility index (Phi) is 10.6. The zero-order chi connectivity index (χ0) is 20.5. The second kappa shape index (κ2) is 12.3. The van der Waals surface area contributed by atoms with E-state index >= 15 is 0 Å². The van der Waals surface area contributed by atoms with Crippen LogP contribution in [0.1, 0.15) is 31.4 Å². The van der Waals surface area contributed by atoms with Crippen molar-refractivity contribution in [1.29, 1.82) is 0 Å². The van der Waals surface area contributed by atoms with Crippen molar-refractivity contribution < 1.29 is 14.2 Å². The van der Waals surface area contributed by atoms with Crippen molar-refractivity contribution in [3.8, 4) is 17.2 Å². The maximum atomic E-state index is 5.42. The SMILES string of the molecule is CCCCNC(=NCc1nnc(C)n1C)Nc1cc(OC)c(OC)c(OC)c1.I. The maximum absolute atomic E-state index is 5.42. The number of unbranched alkanes of at least 4 members (excludes halogenated alkanes) is 1. The minimum Gasteiger partial charge on any atom is -0.493 e. The fraction of sp³-hybridized carbons (Fsp3) is 0.526. The number of nitrogens with one attached hydrogen (secondary N) is 2. The first-order valence-corrected chi connectivity index (χ1v) is 9.24. The van der Waals surface area contributed by atoms with Crippen LogP contribution in [0.4, 0.5) is 5.69 Å². The third kappa shape index (κ3) is 6.65. The number of aryl methyl sites for hydroxylation is 1. The average Bonchev–Trinajstić information content (AvgIpc) is 3.03. The van der Waals surface area contributed by atoms with Crippen LogP contribution >= 0.6 is 24.0 Å². The first kappa shape index (κ1) is 24.8. The predicted octanol–water partition coefficient (Wildman–Crippen LogP) is 3.13. The van der Waals surface area contributed by atoms with E-state index in [0.29, 0.717) is 29.8 Å². The summed E-state index contributed by atoms with van der Waals surface area (Å²) in [7, 11) is 6.69. The Balaban J connectivity index is 0.00000420. The molecule has 0 radical (unpaired) electrons. The molecule has 1 heterocycles. The predicted molar refractivity (Wildman–Crippen MR) is 125 cm³/mol. The molecule has 29 heavy (non-hydrogen) atoms. The third-order valence-electron chi connectivity index (χ3n) is 4.31. The van der Waals surface area contributed by atoms with Crippen molar-refractivity contribution in [2.24, 2.45) is 12.0 Å². The third-order valence-corrected chi connectivity index (χ3v) is 4.31. The first-order chi connectivity index (χ1) is 13.5. The largest absolute Gasteiger partial charge is 0.493 e. The van der Waals surface area contributed by atoms with E-state index in [1.54, 1.807) is 21.3 Å². The summed E-state index contributed by atoms with van der Waals surface area (Å²) in [6.07, 6.45) is 2.13. The van der Waals surface area contributed by atoms with Crippen molar-refractivity contribution >= 4 is 35.6 Å². The van der Waals surface area contributed by atoms with Crippen LogP contribution in [0.25, 0.3) is 0 Å². The van der Waals surface area contributed by atoms with Gasteiger partial charge in [-0.2, -0.15) is 0 Å². The normalized spacial score (nSPS) is 10.9. The molecule has 0 aliphatic heterocycles. The lowest BCUT2D eigenvalue weighted by Gasteiger charge is -2.17. The molecule has 2 rings (SSSR count). The molecule has 0 saturated heterocycles. The molecule has 0 atom stereocenters. The van der Waals surface area contributed by atoms with Crippen molar-refractivity contribution in [2.75, 3.05) is 33.2 Å². The smallest absolute Gasteiger partial charge is 0.203 e. The highest BCUT2D eigenvalue weighted by Crippen LogP contribution is 2.39. The number of halogens is 1. The summed E-state index contributed by atoms with van der Waals surface area (Å²) in [5.74, 6) is 3.97. The standard InChI is InChI=1S/C19H30N6O3.HI/c1-7-8-9-20-19(21-12-17-24-23-13(2)25(17)3)22-14-10-15(26-4)18(28-6)16(11-14)27-5;/h10-11H,7-9,12H2,1-6H3,(H2,20,21,22);1H. The number of ether oxygens (including phenoxy) is 3. The molecule has 0 fully saturated rings. The molecular weight excluding hydrogens is 487 g/mol. The minimum atomic E-state index is 0. The molecular formula is C19H31IN6O3. The van der Waals surface area contributed by atoms with Crippen LogP contribution in [0.2, 0.25) is 0 Å². The number of aliphatic imine (C=N–C) groups is 1. The van der Waals surface area contributed by atoms with Gasteiger partial charge >= 0.3 is 0 Å². The molecule has 0 bridgehead atoms. The Morgan fingerprint density at radius 3 is 2.24 bits per heavy atom. The van der Waals surface area contributed by atoms with Crippen LogP contribution in [0.5, 0.6) is 17.2 Å². The van der Waals surface area contributed by atoms with Gasteiger partial charge in [0.05, 0.1) is 21.3 Å². The highest BCUT2D eigenvalue weighted by Gasteiger charge is 2.14. The number of benzene rings is 1. The fourth-order valence-electron chi connectivity index (χ4n) is 2.55. The molecule has 2 N–H and O–H groups in total. The number of nitrogens with zero attached hydrogens (tertiary/aromatic N) is 4. The Morgan fingerprint density at radius 2 is 1.76 bits per heavy atom. The molecule has 2 aromatic rings. The van der Waals surface area contributed by atoms with E-state index in [1.165, 1.54) is 0 Å². The monoisotopic (exact) mass is 518 g/mol. The summed E-state index contributed by atoms with van der Waals surface area (Å²) < 4.78 is 18.1. The molecule has 0 aliphatic carbocycles. The fourth-order valence-corrected chi connectivity index (χ4v) is 2.55. The second-order valence-electron chi connectivity index (χ2n) is 6.21.